The average Bonchev–Trinajstić information content (AvgIpc) is 3.01. The number of anilines is 1. The first-order chi connectivity index (χ1) is 21.1. The van der Waals surface area contributed by atoms with Crippen LogP contribution in [0.2, 0.25) is 0 Å². The zero-order valence-corrected chi connectivity index (χ0v) is 27.0. The Morgan fingerprint density at radius 1 is 0.886 bits per heavy atom. The molecule has 0 radical (unpaired) electrons. The average molecular weight is 681 g/mol. The summed E-state index contributed by atoms with van der Waals surface area (Å²) in [6.45, 7) is 3.59. The number of nitrogens with zero attached hydrogens (tertiary/aromatic N) is 2. The van der Waals surface area contributed by atoms with E-state index in [9.17, 15) is 22.4 Å². The molecular weight excluding hydrogens is 645 g/mol. The molecule has 0 aliphatic heterocycles. The van der Waals surface area contributed by atoms with E-state index in [1.165, 1.54) is 29.2 Å². The Labute approximate surface area is 266 Å². The fourth-order valence-electron chi connectivity index (χ4n) is 4.70. The number of hydrogen-bond donors (Lipinski definition) is 1. The van der Waals surface area contributed by atoms with Gasteiger partial charge >= 0.3 is 0 Å². The lowest BCUT2D eigenvalue weighted by molar-refractivity contribution is -0.140. The number of sulfonamides is 1. The first-order valence-electron chi connectivity index (χ1n) is 14.3. The molecule has 0 aliphatic carbocycles. The van der Waals surface area contributed by atoms with Crippen LogP contribution in [0.1, 0.15) is 30.0 Å². The third-order valence-electron chi connectivity index (χ3n) is 7.07. The smallest absolute Gasteiger partial charge is 0.264 e. The molecule has 1 atom stereocenters. The summed E-state index contributed by atoms with van der Waals surface area (Å²) in [6, 6.07) is 27.1. The zero-order valence-electron chi connectivity index (χ0n) is 24.6. The van der Waals surface area contributed by atoms with Crippen molar-refractivity contribution in [3.8, 4) is 0 Å². The molecule has 0 heterocycles. The van der Waals surface area contributed by atoms with Crippen molar-refractivity contribution < 1.29 is 22.4 Å². The second kappa shape index (κ2) is 15.1. The summed E-state index contributed by atoms with van der Waals surface area (Å²) >= 11 is 3.41. The minimum absolute atomic E-state index is 0.0301. The molecule has 0 unspecified atom stereocenters. The van der Waals surface area contributed by atoms with Crippen molar-refractivity contribution in [3.63, 3.8) is 0 Å². The third kappa shape index (κ3) is 8.54. The molecule has 44 heavy (non-hydrogen) atoms. The molecule has 0 aliphatic rings. The van der Waals surface area contributed by atoms with Crippen LogP contribution >= 0.6 is 15.9 Å². The van der Waals surface area contributed by atoms with E-state index < -0.39 is 34.3 Å². The molecule has 4 aromatic carbocycles. The van der Waals surface area contributed by atoms with Crippen molar-refractivity contribution in [1.29, 1.82) is 0 Å². The Morgan fingerprint density at radius 3 is 2.20 bits per heavy atom. The summed E-state index contributed by atoms with van der Waals surface area (Å²) in [4.78, 5) is 29.4. The SMILES string of the molecule is CCCNC(=O)[C@@H](Cc1ccccc1)N(Cc1ccc(F)cc1)C(=O)CN(c1cccc(Br)c1)S(=O)(=O)c1ccc(C)cc1. The molecule has 0 saturated heterocycles. The van der Waals surface area contributed by atoms with Crippen LogP contribution in [0, 0.1) is 12.7 Å². The summed E-state index contributed by atoms with van der Waals surface area (Å²) in [6.07, 6.45) is 0.895. The largest absolute Gasteiger partial charge is 0.354 e. The number of hydrogen-bond acceptors (Lipinski definition) is 4. The summed E-state index contributed by atoms with van der Waals surface area (Å²) < 4.78 is 43.6. The Kier molecular flexibility index (Phi) is 11.3. The predicted molar refractivity (Wildman–Crippen MR) is 174 cm³/mol. The van der Waals surface area contributed by atoms with Crippen molar-refractivity contribution in [3.05, 3.63) is 130 Å². The molecule has 4 aromatic rings. The van der Waals surface area contributed by atoms with E-state index in [2.05, 4.69) is 21.2 Å². The Balaban J connectivity index is 1.79. The van der Waals surface area contributed by atoms with Crippen LogP contribution in [-0.2, 0) is 32.6 Å². The summed E-state index contributed by atoms with van der Waals surface area (Å²) in [5, 5.41) is 2.91. The molecule has 0 spiro atoms. The maximum Gasteiger partial charge on any atom is 0.264 e. The Hall–Kier alpha value is -4.02. The van der Waals surface area contributed by atoms with Gasteiger partial charge in [0.15, 0.2) is 0 Å². The van der Waals surface area contributed by atoms with Crippen LogP contribution in [0.15, 0.2) is 112 Å². The van der Waals surface area contributed by atoms with Gasteiger partial charge in [-0.25, -0.2) is 12.8 Å². The number of carbonyl (C=O) groups excluding carboxylic acids is 2. The van der Waals surface area contributed by atoms with Gasteiger partial charge in [-0.15, -0.1) is 0 Å². The van der Waals surface area contributed by atoms with Gasteiger partial charge in [0, 0.05) is 24.0 Å². The first kappa shape index (κ1) is 32.9. The Morgan fingerprint density at radius 2 is 1.57 bits per heavy atom. The van der Waals surface area contributed by atoms with Crippen LogP contribution in [0.3, 0.4) is 0 Å². The van der Waals surface area contributed by atoms with Crippen LogP contribution in [0.5, 0.6) is 0 Å². The van der Waals surface area contributed by atoms with Crippen LogP contribution in [-0.4, -0.2) is 44.3 Å². The van der Waals surface area contributed by atoms with Gasteiger partial charge in [0.25, 0.3) is 10.0 Å². The lowest BCUT2D eigenvalue weighted by atomic mass is 10.0. The molecule has 230 valence electrons. The second-order valence-corrected chi connectivity index (χ2v) is 13.2. The monoisotopic (exact) mass is 679 g/mol. The number of rotatable bonds is 13. The van der Waals surface area contributed by atoms with Crippen molar-refractivity contribution >= 4 is 43.5 Å². The zero-order chi connectivity index (χ0) is 31.7. The van der Waals surface area contributed by atoms with Crippen LogP contribution in [0.25, 0.3) is 0 Å². The molecule has 0 fully saturated rings. The van der Waals surface area contributed by atoms with E-state index in [0.717, 1.165) is 15.4 Å². The fraction of sp³-hybridized carbons (Fsp3) is 0.235. The topological polar surface area (TPSA) is 86.8 Å². The van der Waals surface area contributed by atoms with Gasteiger partial charge in [0.1, 0.15) is 18.4 Å². The molecule has 1 N–H and O–H groups in total. The second-order valence-electron chi connectivity index (χ2n) is 10.4. The molecule has 0 bridgehead atoms. The number of benzene rings is 4. The van der Waals surface area contributed by atoms with Gasteiger partial charge in [-0.05, 0) is 66.9 Å². The van der Waals surface area contributed by atoms with Crippen molar-refractivity contribution in [2.24, 2.45) is 0 Å². The number of aryl methyl sites for hydroxylation is 1. The van der Waals surface area contributed by atoms with E-state index in [1.807, 2.05) is 44.2 Å². The van der Waals surface area contributed by atoms with Gasteiger partial charge in [0.2, 0.25) is 11.8 Å². The highest BCUT2D eigenvalue weighted by Gasteiger charge is 2.34. The fourth-order valence-corrected chi connectivity index (χ4v) is 6.50. The van der Waals surface area contributed by atoms with Crippen LogP contribution < -0.4 is 9.62 Å². The molecular formula is C34H35BrFN3O4S. The van der Waals surface area contributed by atoms with Crippen LogP contribution in [0.4, 0.5) is 10.1 Å². The summed E-state index contributed by atoms with van der Waals surface area (Å²) in [7, 11) is -4.20. The van der Waals surface area contributed by atoms with Gasteiger partial charge < -0.3 is 10.2 Å². The van der Waals surface area contributed by atoms with E-state index in [0.29, 0.717) is 23.0 Å². The normalized spacial score (nSPS) is 11.9. The highest BCUT2D eigenvalue weighted by Crippen LogP contribution is 2.27. The van der Waals surface area contributed by atoms with E-state index in [-0.39, 0.29) is 29.5 Å². The molecule has 10 heteroatoms. The van der Waals surface area contributed by atoms with Gasteiger partial charge in [-0.1, -0.05) is 89.1 Å². The molecule has 4 rings (SSSR count). The molecule has 0 saturated carbocycles. The van der Waals surface area contributed by atoms with Gasteiger partial charge in [-0.3, -0.25) is 13.9 Å². The molecule has 7 nitrogen and oxygen atoms in total. The lowest BCUT2D eigenvalue weighted by Crippen LogP contribution is -2.53. The van der Waals surface area contributed by atoms with E-state index >= 15 is 0 Å². The number of carbonyl (C=O) groups is 2. The predicted octanol–water partition coefficient (Wildman–Crippen LogP) is 6.26. The van der Waals surface area contributed by atoms with E-state index in [4.69, 9.17) is 0 Å². The van der Waals surface area contributed by atoms with Crippen molar-refractivity contribution in [2.75, 3.05) is 17.4 Å². The number of halogens is 2. The lowest BCUT2D eigenvalue weighted by Gasteiger charge is -2.34. The highest BCUT2D eigenvalue weighted by molar-refractivity contribution is 9.10. The number of nitrogens with one attached hydrogen (secondary N) is 1. The summed E-state index contributed by atoms with van der Waals surface area (Å²) in [5.74, 6) is -1.38. The van der Waals surface area contributed by atoms with Crippen molar-refractivity contribution in [2.45, 2.75) is 44.2 Å². The van der Waals surface area contributed by atoms with Gasteiger partial charge in [0.05, 0.1) is 10.6 Å². The highest BCUT2D eigenvalue weighted by atomic mass is 79.9. The quantitative estimate of drug-likeness (QED) is 0.181. The van der Waals surface area contributed by atoms with Gasteiger partial charge in [-0.2, -0.15) is 0 Å². The Bertz CT molecular complexity index is 1670. The van der Waals surface area contributed by atoms with Crippen molar-refractivity contribution in [1.82, 2.24) is 10.2 Å². The number of amides is 2. The minimum Gasteiger partial charge on any atom is -0.354 e. The molecule has 2 amide bonds. The summed E-state index contributed by atoms with van der Waals surface area (Å²) in [5.41, 5.74) is 2.60. The minimum atomic E-state index is -4.20. The maximum atomic E-state index is 14.4. The maximum absolute atomic E-state index is 14.4. The molecule has 0 aromatic heterocycles. The van der Waals surface area contributed by atoms with E-state index in [1.54, 1.807) is 48.5 Å². The first-order valence-corrected chi connectivity index (χ1v) is 16.5. The third-order valence-corrected chi connectivity index (χ3v) is 9.35. The standard InChI is InChI=1S/C34H35BrFN3O4S/c1-3-20-37-34(41)32(21-26-8-5-4-6-9-26)38(23-27-14-16-29(36)17-15-27)33(40)24-39(30-11-7-10-28(35)22-30)44(42,43)31-18-12-25(2)13-19-31/h4-19,22,32H,3,20-21,23-24H2,1-2H3,(H,37,41)/t32-/m1/s1.